The molecule has 6 nitrogen and oxygen atoms in total. The molecule has 2 N–H and O–H groups in total. The largest absolute Gasteiger partial charge is 0.480 e. The maximum atomic E-state index is 11.3. The van der Waals surface area contributed by atoms with Crippen LogP contribution in [0.4, 0.5) is 0 Å². The lowest BCUT2D eigenvalue weighted by Crippen LogP contribution is -2.41. The van der Waals surface area contributed by atoms with Crippen molar-refractivity contribution >= 4 is 21.7 Å². The summed E-state index contributed by atoms with van der Waals surface area (Å²) in [5.74, 6) is -1.93. The number of carboxylic acids is 1. The van der Waals surface area contributed by atoms with E-state index in [9.17, 15) is 18.0 Å². The summed E-state index contributed by atoms with van der Waals surface area (Å²) in [7, 11) is -3.24. The Hall–Kier alpha value is -1.37. The number of sulfone groups is 1. The van der Waals surface area contributed by atoms with Crippen molar-refractivity contribution in [3.8, 4) is 0 Å². The number of aliphatic carboxylic acids is 1. The van der Waals surface area contributed by atoms with Crippen molar-refractivity contribution in [3.63, 3.8) is 0 Å². The summed E-state index contributed by atoms with van der Waals surface area (Å²) in [5.41, 5.74) is 0. The van der Waals surface area contributed by atoms with Crippen molar-refractivity contribution in [3.05, 3.63) is 12.7 Å². The molecule has 0 heterocycles. The number of rotatable bonds is 8. The molecule has 0 unspecified atom stereocenters. The van der Waals surface area contributed by atoms with E-state index in [1.165, 1.54) is 0 Å². The number of hydrogen-bond acceptors (Lipinski definition) is 4. The first-order valence-corrected chi connectivity index (χ1v) is 7.13. The Morgan fingerprint density at radius 2 is 2.06 bits per heavy atom. The molecule has 0 aliphatic rings. The van der Waals surface area contributed by atoms with E-state index in [0.717, 1.165) is 6.26 Å². The molecule has 98 valence electrons. The second-order valence-corrected chi connectivity index (χ2v) is 5.96. The lowest BCUT2D eigenvalue weighted by Gasteiger charge is -2.13. The van der Waals surface area contributed by atoms with Crippen molar-refractivity contribution in [1.82, 2.24) is 5.32 Å². The minimum absolute atomic E-state index is 0.131. The van der Waals surface area contributed by atoms with Crippen LogP contribution in [0, 0.1) is 0 Å². The van der Waals surface area contributed by atoms with Crippen LogP contribution >= 0.6 is 0 Å². The van der Waals surface area contributed by atoms with Crippen molar-refractivity contribution in [2.24, 2.45) is 0 Å². The van der Waals surface area contributed by atoms with E-state index in [0.29, 0.717) is 6.42 Å². The van der Waals surface area contributed by atoms with Gasteiger partial charge in [-0.25, -0.2) is 13.2 Å². The Labute approximate surface area is 101 Å². The molecule has 0 saturated heterocycles. The zero-order chi connectivity index (χ0) is 13.5. The predicted octanol–water partition coefficient (Wildman–Crippen LogP) is -0.0433. The van der Waals surface area contributed by atoms with Crippen LogP contribution in [0.5, 0.6) is 0 Å². The summed E-state index contributed by atoms with van der Waals surface area (Å²) in [6.07, 6.45) is 3.03. The third-order valence-electron chi connectivity index (χ3n) is 1.99. The molecule has 7 heteroatoms. The number of carbonyl (C=O) groups excluding carboxylic acids is 1. The van der Waals surface area contributed by atoms with Gasteiger partial charge in [0.05, 0.1) is 5.75 Å². The molecule has 0 bridgehead atoms. The van der Waals surface area contributed by atoms with Gasteiger partial charge in [0.25, 0.3) is 0 Å². The third-order valence-corrected chi connectivity index (χ3v) is 2.96. The number of amides is 1. The lowest BCUT2D eigenvalue weighted by molar-refractivity contribution is -0.141. The first kappa shape index (κ1) is 15.6. The van der Waals surface area contributed by atoms with Crippen molar-refractivity contribution < 1.29 is 23.1 Å². The Morgan fingerprint density at radius 1 is 1.47 bits per heavy atom. The van der Waals surface area contributed by atoms with Gasteiger partial charge in [0.15, 0.2) is 0 Å². The highest BCUT2D eigenvalue weighted by Crippen LogP contribution is 1.99. The monoisotopic (exact) mass is 263 g/mol. The number of allylic oxidation sites excluding steroid dienone is 1. The van der Waals surface area contributed by atoms with Gasteiger partial charge in [-0.3, -0.25) is 4.79 Å². The van der Waals surface area contributed by atoms with Gasteiger partial charge in [0, 0.05) is 12.7 Å². The van der Waals surface area contributed by atoms with Gasteiger partial charge < -0.3 is 10.4 Å². The molecule has 0 fully saturated rings. The number of carboxylic acid groups (broad SMARTS) is 1. The first-order valence-electron chi connectivity index (χ1n) is 5.07. The van der Waals surface area contributed by atoms with E-state index in [1.807, 2.05) is 0 Å². The molecule has 0 aliphatic heterocycles. The standard InChI is InChI=1S/C10H17NO5S/c1-3-4-5-9(12)11-8(10(13)14)6-7-17(2,15)16/h3,8H,1,4-7H2,2H3,(H,11,12)(H,13,14)/t8-/m0/s1. The van der Waals surface area contributed by atoms with Crippen molar-refractivity contribution in [1.29, 1.82) is 0 Å². The van der Waals surface area contributed by atoms with E-state index < -0.39 is 27.8 Å². The van der Waals surface area contributed by atoms with E-state index in [4.69, 9.17) is 5.11 Å². The average molecular weight is 263 g/mol. The summed E-state index contributed by atoms with van der Waals surface area (Å²) in [6.45, 7) is 3.44. The molecule has 1 atom stereocenters. The Kier molecular flexibility index (Phi) is 6.48. The van der Waals surface area contributed by atoms with E-state index >= 15 is 0 Å². The quantitative estimate of drug-likeness (QED) is 0.598. The second-order valence-electron chi connectivity index (χ2n) is 3.70. The molecule has 0 aliphatic carbocycles. The van der Waals surface area contributed by atoms with E-state index in [2.05, 4.69) is 11.9 Å². The fourth-order valence-corrected chi connectivity index (χ4v) is 1.75. The molecule has 17 heavy (non-hydrogen) atoms. The molecular formula is C10H17NO5S. The zero-order valence-corrected chi connectivity index (χ0v) is 10.5. The SMILES string of the molecule is C=CCCC(=O)N[C@@H](CCS(C)(=O)=O)C(=O)O. The maximum absolute atomic E-state index is 11.3. The molecule has 0 rings (SSSR count). The Balaban J connectivity index is 4.30. The first-order chi connectivity index (χ1) is 7.76. The van der Waals surface area contributed by atoms with Gasteiger partial charge in [-0.05, 0) is 12.8 Å². The van der Waals surface area contributed by atoms with Gasteiger partial charge in [0.1, 0.15) is 15.9 Å². The number of hydrogen-bond donors (Lipinski definition) is 2. The molecule has 0 aromatic carbocycles. The fourth-order valence-electron chi connectivity index (χ4n) is 1.09. The number of carbonyl (C=O) groups is 2. The minimum Gasteiger partial charge on any atom is -0.480 e. The fraction of sp³-hybridized carbons (Fsp3) is 0.600. The van der Waals surface area contributed by atoms with Crippen LogP contribution in [0.2, 0.25) is 0 Å². The molecular weight excluding hydrogens is 246 g/mol. The van der Waals surface area contributed by atoms with Crippen LogP contribution in [0.3, 0.4) is 0 Å². The van der Waals surface area contributed by atoms with Gasteiger partial charge >= 0.3 is 5.97 Å². The molecule has 0 saturated carbocycles. The summed E-state index contributed by atoms with van der Waals surface area (Å²) in [5, 5.41) is 11.1. The van der Waals surface area contributed by atoms with Crippen LogP contribution in [0.15, 0.2) is 12.7 Å². The zero-order valence-electron chi connectivity index (χ0n) is 9.68. The highest BCUT2D eigenvalue weighted by Gasteiger charge is 2.21. The van der Waals surface area contributed by atoms with Crippen LogP contribution in [0.1, 0.15) is 19.3 Å². The molecule has 0 aromatic heterocycles. The van der Waals surface area contributed by atoms with Gasteiger partial charge in [0.2, 0.25) is 5.91 Å². The second kappa shape index (κ2) is 7.05. The molecule has 1 amide bonds. The van der Waals surface area contributed by atoms with Crippen LogP contribution in [0.25, 0.3) is 0 Å². The third kappa shape index (κ3) is 8.44. The lowest BCUT2D eigenvalue weighted by atomic mass is 10.2. The summed E-state index contributed by atoms with van der Waals surface area (Å²) < 4.78 is 21.8. The highest BCUT2D eigenvalue weighted by atomic mass is 32.2. The smallest absolute Gasteiger partial charge is 0.326 e. The van der Waals surface area contributed by atoms with Crippen LogP contribution in [-0.2, 0) is 19.4 Å². The Morgan fingerprint density at radius 3 is 2.47 bits per heavy atom. The van der Waals surface area contributed by atoms with Gasteiger partial charge in [-0.15, -0.1) is 6.58 Å². The van der Waals surface area contributed by atoms with Crippen LogP contribution in [-0.4, -0.2) is 43.5 Å². The topological polar surface area (TPSA) is 101 Å². The maximum Gasteiger partial charge on any atom is 0.326 e. The van der Waals surface area contributed by atoms with Crippen molar-refractivity contribution in [2.75, 3.05) is 12.0 Å². The van der Waals surface area contributed by atoms with E-state index in [-0.39, 0.29) is 18.6 Å². The Bertz CT molecular complexity index is 388. The number of nitrogens with one attached hydrogen (secondary N) is 1. The summed E-state index contributed by atoms with van der Waals surface area (Å²) in [4.78, 5) is 22.1. The molecule has 0 aromatic rings. The van der Waals surface area contributed by atoms with E-state index in [1.54, 1.807) is 6.08 Å². The highest BCUT2D eigenvalue weighted by molar-refractivity contribution is 7.90. The molecule has 0 spiro atoms. The van der Waals surface area contributed by atoms with Gasteiger partial charge in [-0.1, -0.05) is 6.08 Å². The normalized spacial score (nSPS) is 12.8. The summed E-state index contributed by atoms with van der Waals surface area (Å²) in [6, 6.07) is -1.16. The minimum atomic E-state index is -3.24. The van der Waals surface area contributed by atoms with Crippen molar-refractivity contribution in [2.45, 2.75) is 25.3 Å². The predicted molar refractivity (Wildman–Crippen MR) is 63.3 cm³/mol. The average Bonchev–Trinajstić information content (AvgIpc) is 2.19. The summed E-state index contributed by atoms with van der Waals surface area (Å²) >= 11 is 0. The van der Waals surface area contributed by atoms with Gasteiger partial charge in [-0.2, -0.15) is 0 Å². The molecule has 0 radical (unpaired) electrons. The van der Waals surface area contributed by atoms with Crippen LogP contribution < -0.4 is 5.32 Å².